The number of benzene rings is 1. The van der Waals surface area contributed by atoms with Gasteiger partial charge >= 0.3 is 5.97 Å². The van der Waals surface area contributed by atoms with Crippen LogP contribution in [0, 0.1) is 0 Å². The number of carbonyl (C=O) groups is 2. The molecular formula is C16H20N2O3. The molecule has 112 valence electrons. The number of amides is 1. The number of hydrazone groups is 1. The Bertz CT molecular complexity index is 526. The second-order valence-corrected chi connectivity index (χ2v) is 4.96. The predicted octanol–water partition coefficient (Wildman–Crippen LogP) is 2.90. The molecule has 5 heteroatoms. The third-order valence-corrected chi connectivity index (χ3v) is 3.24. The minimum Gasteiger partial charge on any atom is -0.461 e. The van der Waals surface area contributed by atoms with Gasteiger partial charge in [-0.15, -0.1) is 0 Å². The molecule has 1 aliphatic rings. The Kier molecular flexibility index (Phi) is 5.49. The Morgan fingerprint density at radius 3 is 2.71 bits per heavy atom. The van der Waals surface area contributed by atoms with Gasteiger partial charge in [0.2, 0.25) is 0 Å². The molecule has 0 unspecified atom stereocenters. The van der Waals surface area contributed by atoms with Crippen LogP contribution in [0.5, 0.6) is 0 Å². The van der Waals surface area contributed by atoms with E-state index < -0.39 is 5.97 Å². The minimum absolute atomic E-state index is 0.00267. The van der Waals surface area contributed by atoms with E-state index >= 15 is 0 Å². The highest BCUT2D eigenvalue weighted by molar-refractivity contribution is 6.42. The summed E-state index contributed by atoms with van der Waals surface area (Å²) >= 11 is 0. The third-order valence-electron chi connectivity index (χ3n) is 3.24. The summed E-state index contributed by atoms with van der Waals surface area (Å²) < 4.78 is 5.16. The van der Waals surface area contributed by atoms with Crippen LogP contribution in [0.4, 0.5) is 5.69 Å². The van der Waals surface area contributed by atoms with Crippen LogP contribution in [0.25, 0.3) is 0 Å². The van der Waals surface area contributed by atoms with Crippen molar-refractivity contribution in [2.75, 3.05) is 11.6 Å². The van der Waals surface area contributed by atoms with E-state index in [9.17, 15) is 9.59 Å². The maximum Gasteiger partial charge on any atom is 0.355 e. The number of ether oxygens (including phenoxy) is 1. The van der Waals surface area contributed by atoms with Gasteiger partial charge in [0.25, 0.3) is 5.91 Å². The molecule has 0 spiro atoms. The molecule has 0 saturated heterocycles. The second-order valence-electron chi connectivity index (χ2n) is 4.96. The number of unbranched alkanes of at least 4 members (excludes halogenated alkanes) is 3. The molecule has 0 aromatic heterocycles. The summed E-state index contributed by atoms with van der Waals surface area (Å²) in [7, 11) is 0. The first-order valence-electron chi connectivity index (χ1n) is 7.35. The maximum atomic E-state index is 11.9. The van der Waals surface area contributed by atoms with Gasteiger partial charge in [0.1, 0.15) is 0 Å². The topological polar surface area (TPSA) is 59.0 Å². The number of esters is 1. The Labute approximate surface area is 124 Å². The summed E-state index contributed by atoms with van der Waals surface area (Å²) in [6.45, 7) is 2.51. The van der Waals surface area contributed by atoms with E-state index in [2.05, 4.69) is 12.0 Å². The molecular weight excluding hydrogens is 268 g/mol. The highest BCUT2D eigenvalue weighted by Gasteiger charge is 2.30. The lowest BCUT2D eigenvalue weighted by molar-refractivity contribution is -0.136. The van der Waals surface area contributed by atoms with E-state index in [-0.39, 0.29) is 18.0 Å². The van der Waals surface area contributed by atoms with Crippen molar-refractivity contribution in [1.29, 1.82) is 0 Å². The fourth-order valence-corrected chi connectivity index (χ4v) is 2.09. The van der Waals surface area contributed by atoms with Gasteiger partial charge in [0.05, 0.1) is 18.7 Å². The molecule has 21 heavy (non-hydrogen) atoms. The van der Waals surface area contributed by atoms with Crippen LogP contribution in [-0.2, 0) is 14.3 Å². The van der Waals surface area contributed by atoms with Gasteiger partial charge in [0.15, 0.2) is 5.71 Å². The summed E-state index contributed by atoms with van der Waals surface area (Å²) in [5, 5.41) is 5.34. The van der Waals surface area contributed by atoms with Crippen molar-refractivity contribution in [2.24, 2.45) is 5.10 Å². The number of carbonyl (C=O) groups excluding carboxylic acids is 2. The average Bonchev–Trinajstić information content (AvgIpc) is 2.90. The van der Waals surface area contributed by atoms with Crippen molar-refractivity contribution in [3.8, 4) is 0 Å². The van der Waals surface area contributed by atoms with E-state index in [1.165, 1.54) is 5.01 Å². The molecule has 2 rings (SSSR count). The third kappa shape index (κ3) is 4.15. The van der Waals surface area contributed by atoms with Crippen molar-refractivity contribution in [3.63, 3.8) is 0 Å². The summed E-state index contributed by atoms with van der Waals surface area (Å²) in [5.74, 6) is -0.697. The molecule has 1 heterocycles. The maximum absolute atomic E-state index is 11.9. The van der Waals surface area contributed by atoms with Crippen molar-refractivity contribution >= 4 is 23.3 Å². The van der Waals surface area contributed by atoms with Crippen LogP contribution < -0.4 is 5.01 Å². The zero-order valence-electron chi connectivity index (χ0n) is 12.2. The molecule has 0 atom stereocenters. The van der Waals surface area contributed by atoms with Gasteiger partial charge in [-0.05, 0) is 18.6 Å². The van der Waals surface area contributed by atoms with Gasteiger partial charge in [0, 0.05) is 0 Å². The largest absolute Gasteiger partial charge is 0.461 e. The summed E-state index contributed by atoms with van der Waals surface area (Å²) in [6.07, 6.45) is 4.18. The molecule has 0 aliphatic carbocycles. The van der Waals surface area contributed by atoms with Crippen molar-refractivity contribution in [3.05, 3.63) is 30.3 Å². The van der Waals surface area contributed by atoms with Crippen LogP contribution >= 0.6 is 0 Å². The SMILES string of the molecule is CCCCCCOC(=O)C1=NN(c2ccccc2)C(=O)C1. The van der Waals surface area contributed by atoms with E-state index in [0.717, 1.165) is 25.7 Å². The number of hydrogen-bond donors (Lipinski definition) is 0. The average molecular weight is 288 g/mol. The van der Waals surface area contributed by atoms with Crippen molar-refractivity contribution in [2.45, 2.75) is 39.0 Å². The Morgan fingerprint density at radius 2 is 2.00 bits per heavy atom. The van der Waals surface area contributed by atoms with Crippen LogP contribution in [-0.4, -0.2) is 24.2 Å². The highest BCUT2D eigenvalue weighted by Crippen LogP contribution is 2.20. The normalized spacial score (nSPS) is 14.2. The molecule has 5 nitrogen and oxygen atoms in total. The molecule has 0 fully saturated rings. The van der Waals surface area contributed by atoms with Crippen molar-refractivity contribution < 1.29 is 14.3 Å². The first-order valence-corrected chi connectivity index (χ1v) is 7.35. The Morgan fingerprint density at radius 1 is 1.24 bits per heavy atom. The lowest BCUT2D eigenvalue weighted by Crippen LogP contribution is -2.19. The van der Waals surface area contributed by atoms with Gasteiger partial charge in [-0.1, -0.05) is 44.4 Å². The molecule has 1 aromatic carbocycles. The van der Waals surface area contributed by atoms with Crippen LogP contribution in [0.15, 0.2) is 35.4 Å². The van der Waals surface area contributed by atoms with Crippen LogP contribution in [0.1, 0.15) is 39.0 Å². The molecule has 1 amide bonds. The molecule has 0 bridgehead atoms. The molecule has 1 aliphatic heterocycles. The number of nitrogens with zero attached hydrogens (tertiary/aromatic N) is 2. The highest BCUT2D eigenvalue weighted by atomic mass is 16.5. The minimum atomic E-state index is -0.488. The lowest BCUT2D eigenvalue weighted by Gasteiger charge is -2.10. The van der Waals surface area contributed by atoms with Gasteiger partial charge < -0.3 is 4.74 Å². The Balaban J connectivity index is 1.89. The van der Waals surface area contributed by atoms with Gasteiger partial charge in [-0.25, -0.2) is 4.79 Å². The van der Waals surface area contributed by atoms with E-state index in [1.807, 2.05) is 18.2 Å². The fraction of sp³-hybridized carbons (Fsp3) is 0.438. The summed E-state index contributed by atoms with van der Waals surface area (Å²) in [4.78, 5) is 23.8. The fourth-order valence-electron chi connectivity index (χ4n) is 2.09. The standard InChI is InChI=1S/C16H20N2O3/c1-2-3-4-8-11-21-16(20)14-12-15(19)18(17-14)13-9-6-5-7-10-13/h5-7,9-10H,2-4,8,11-12H2,1H3. The van der Waals surface area contributed by atoms with E-state index in [4.69, 9.17) is 4.74 Å². The summed E-state index contributed by atoms with van der Waals surface area (Å²) in [6, 6.07) is 9.06. The van der Waals surface area contributed by atoms with Crippen molar-refractivity contribution in [1.82, 2.24) is 0 Å². The second kappa shape index (κ2) is 7.57. The van der Waals surface area contributed by atoms with Gasteiger partial charge in [-0.3, -0.25) is 4.79 Å². The van der Waals surface area contributed by atoms with Crippen LogP contribution in [0.2, 0.25) is 0 Å². The number of anilines is 1. The number of hydrogen-bond acceptors (Lipinski definition) is 4. The Hall–Kier alpha value is -2.17. The molecule has 0 N–H and O–H groups in total. The first kappa shape index (κ1) is 15.2. The van der Waals surface area contributed by atoms with Crippen LogP contribution in [0.3, 0.4) is 0 Å². The smallest absolute Gasteiger partial charge is 0.355 e. The quantitative estimate of drug-likeness (QED) is 0.572. The zero-order chi connectivity index (χ0) is 15.1. The zero-order valence-corrected chi connectivity index (χ0v) is 12.2. The van der Waals surface area contributed by atoms with E-state index in [0.29, 0.717) is 12.3 Å². The number of para-hydroxylation sites is 1. The predicted molar refractivity (Wildman–Crippen MR) is 81.1 cm³/mol. The van der Waals surface area contributed by atoms with E-state index in [1.54, 1.807) is 12.1 Å². The molecule has 0 radical (unpaired) electrons. The monoisotopic (exact) mass is 288 g/mol. The summed E-state index contributed by atoms with van der Waals surface area (Å²) in [5.41, 5.74) is 0.840. The first-order chi connectivity index (χ1) is 10.2. The number of rotatable bonds is 7. The molecule has 0 saturated carbocycles. The van der Waals surface area contributed by atoms with Gasteiger partial charge in [-0.2, -0.15) is 10.1 Å². The lowest BCUT2D eigenvalue weighted by atomic mass is 10.2. The molecule has 1 aromatic rings.